The summed E-state index contributed by atoms with van der Waals surface area (Å²) in [5, 5.41) is 11.5. The minimum Gasteiger partial charge on any atom is -0.507 e. The third-order valence-corrected chi connectivity index (χ3v) is 5.61. The van der Waals surface area contributed by atoms with E-state index in [2.05, 4.69) is 0 Å². The number of aliphatic hydroxyl groups is 1. The smallest absolute Gasteiger partial charge is 0.343 e. The van der Waals surface area contributed by atoms with E-state index in [1.54, 1.807) is 0 Å². The number of carbonyl (C=O) groups is 1. The van der Waals surface area contributed by atoms with Crippen molar-refractivity contribution in [2.75, 3.05) is 13.2 Å². The maximum Gasteiger partial charge on any atom is 0.343 e. The molecule has 0 aromatic heterocycles. The van der Waals surface area contributed by atoms with Gasteiger partial charge in [-0.05, 0) is 66.6 Å². The van der Waals surface area contributed by atoms with E-state index in [1.807, 2.05) is 50.2 Å². The minimum atomic E-state index is -1.03. The van der Waals surface area contributed by atoms with Gasteiger partial charge in [-0.1, -0.05) is 35.9 Å². The maximum atomic E-state index is 12.6. The van der Waals surface area contributed by atoms with Crippen LogP contribution in [0.1, 0.15) is 29.5 Å². The van der Waals surface area contributed by atoms with Crippen LogP contribution in [0.2, 0.25) is 5.02 Å². The van der Waals surface area contributed by atoms with Crippen LogP contribution in [0.5, 0.6) is 0 Å². The SMILES string of the molecule is Cc1cc(-c2ccc(Cl)cc2)c(C)cc1C1=C(O)C2(CCCOC2)OC1=O. The molecule has 2 aromatic carbocycles. The monoisotopic (exact) mass is 384 g/mol. The van der Waals surface area contributed by atoms with E-state index in [-0.39, 0.29) is 17.9 Å². The number of benzene rings is 2. The number of ether oxygens (including phenoxy) is 2. The standard InChI is InChI=1S/C22H21ClO4/c1-13-11-18(14(2)10-17(13)15-4-6-16(23)7-5-15)19-20(24)22(27-21(19)25)8-3-9-26-12-22/h4-7,10-11,24H,3,8-9,12H2,1-2H3. The number of hydrogen-bond donors (Lipinski definition) is 1. The van der Waals surface area contributed by atoms with Crippen molar-refractivity contribution in [2.24, 2.45) is 0 Å². The van der Waals surface area contributed by atoms with Crippen molar-refractivity contribution in [3.8, 4) is 11.1 Å². The maximum absolute atomic E-state index is 12.6. The second kappa shape index (κ2) is 6.70. The predicted molar refractivity (Wildman–Crippen MR) is 105 cm³/mol. The summed E-state index contributed by atoms with van der Waals surface area (Å²) in [6.45, 7) is 4.75. The summed E-state index contributed by atoms with van der Waals surface area (Å²) < 4.78 is 11.1. The van der Waals surface area contributed by atoms with Gasteiger partial charge in [-0.25, -0.2) is 4.79 Å². The molecule has 1 fully saturated rings. The molecule has 4 nitrogen and oxygen atoms in total. The van der Waals surface area contributed by atoms with Gasteiger partial charge in [0, 0.05) is 11.6 Å². The van der Waals surface area contributed by atoms with Gasteiger partial charge in [0.15, 0.2) is 11.4 Å². The van der Waals surface area contributed by atoms with E-state index in [1.165, 1.54) is 0 Å². The molecule has 4 rings (SSSR count). The molecule has 2 aromatic rings. The fourth-order valence-electron chi connectivity index (χ4n) is 3.90. The van der Waals surface area contributed by atoms with Crippen LogP contribution in [-0.4, -0.2) is 29.9 Å². The first-order chi connectivity index (χ1) is 12.9. The zero-order chi connectivity index (χ0) is 19.2. The Bertz CT molecular complexity index is 938. The van der Waals surface area contributed by atoms with Gasteiger partial charge in [0.2, 0.25) is 0 Å². The van der Waals surface area contributed by atoms with Gasteiger partial charge in [0.1, 0.15) is 5.57 Å². The fraction of sp³-hybridized carbons (Fsp3) is 0.318. The summed E-state index contributed by atoms with van der Waals surface area (Å²) in [6, 6.07) is 11.6. The summed E-state index contributed by atoms with van der Waals surface area (Å²) in [5.74, 6) is -0.492. The van der Waals surface area contributed by atoms with Gasteiger partial charge in [-0.3, -0.25) is 0 Å². The zero-order valence-electron chi connectivity index (χ0n) is 15.3. The lowest BCUT2D eigenvalue weighted by molar-refractivity contribution is -0.158. The lowest BCUT2D eigenvalue weighted by Crippen LogP contribution is -2.41. The summed E-state index contributed by atoms with van der Waals surface area (Å²) in [7, 11) is 0. The number of aryl methyl sites for hydroxylation is 2. The van der Waals surface area contributed by atoms with Gasteiger partial charge in [-0.2, -0.15) is 0 Å². The first kappa shape index (κ1) is 18.1. The van der Waals surface area contributed by atoms with E-state index in [0.717, 1.165) is 28.7 Å². The molecule has 1 unspecified atom stereocenters. The highest BCUT2D eigenvalue weighted by Gasteiger charge is 2.50. The van der Waals surface area contributed by atoms with Gasteiger partial charge >= 0.3 is 5.97 Å². The molecule has 0 bridgehead atoms. The third-order valence-electron chi connectivity index (χ3n) is 5.36. The highest BCUT2D eigenvalue weighted by Crippen LogP contribution is 2.43. The summed E-state index contributed by atoms with van der Waals surface area (Å²) in [4.78, 5) is 12.6. The molecular weight excluding hydrogens is 364 g/mol. The van der Waals surface area contributed by atoms with Crippen molar-refractivity contribution in [3.05, 3.63) is 63.9 Å². The highest BCUT2D eigenvalue weighted by molar-refractivity contribution is 6.30. The van der Waals surface area contributed by atoms with Crippen LogP contribution in [0.4, 0.5) is 0 Å². The number of carbonyl (C=O) groups excluding carboxylic acids is 1. The Morgan fingerprint density at radius 1 is 1.07 bits per heavy atom. The number of rotatable bonds is 2. The lowest BCUT2D eigenvalue weighted by Gasteiger charge is -2.31. The molecule has 1 saturated heterocycles. The molecule has 1 N–H and O–H groups in total. The Balaban J connectivity index is 1.79. The molecule has 140 valence electrons. The van der Waals surface area contributed by atoms with Crippen LogP contribution in [0.15, 0.2) is 42.2 Å². The Morgan fingerprint density at radius 3 is 2.41 bits per heavy atom. The molecule has 27 heavy (non-hydrogen) atoms. The Morgan fingerprint density at radius 2 is 1.74 bits per heavy atom. The quantitative estimate of drug-likeness (QED) is 0.740. The highest BCUT2D eigenvalue weighted by atomic mass is 35.5. The van der Waals surface area contributed by atoms with Crippen molar-refractivity contribution in [1.29, 1.82) is 0 Å². The Hall–Kier alpha value is -2.30. The molecule has 1 atom stereocenters. The van der Waals surface area contributed by atoms with Crippen LogP contribution in [0.3, 0.4) is 0 Å². The van der Waals surface area contributed by atoms with Crippen molar-refractivity contribution in [1.82, 2.24) is 0 Å². The Labute approximate surface area is 163 Å². The first-order valence-corrected chi connectivity index (χ1v) is 9.41. The first-order valence-electron chi connectivity index (χ1n) is 9.04. The normalized spacial score (nSPS) is 22.4. The molecule has 2 heterocycles. The van der Waals surface area contributed by atoms with Gasteiger partial charge < -0.3 is 14.6 Å². The van der Waals surface area contributed by atoms with Crippen molar-refractivity contribution >= 4 is 23.1 Å². The molecule has 5 heteroatoms. The van der Waals surface area contributed by atoms with Gasteiger partial charge in [0.05, 0.1) is 6.61 Å². The minimum absolute atomic E-state index is 0.00561. The Kier molecular flexibility index (Phi) is 4.49. The van der Waals surface area contributed by atoms with Crippen molar-refractivity contribution in [2.45, 2.75) is 32.3 Å². The van der Waals surface area contributed by atoms with E-state index in [0.29, 0.717) is 23.6 Å². The summed E-state index contributed by atoms with van der Waals surface area (Å²) in [5.41, 5.74) is 3.95. The summed E-state index contributed by atoms with van der Waals surface area (Å²) >= 11 is 5.99. The molecule has 0 aliphatic carbocycles. The van der Waals surface area contributed by atoms with E-state index >= 15 is 0 Å². The molecule has 2 aliphatic heterocycles. The number of esters is 1. The topological polar surface area (TPSA) is 55.8 Å². The van der Waals surface area contributed by atoms with Gasteiger partial charge in [0.25, 0.3) is 0 Å². The van der Waals surface area contributed by atoms with E-state index < -0.39 is 11.6 Å². The molecular formula is C22H21ClO4. The summed E-state index contributed by atoms with van der Waals surface area (Å²) in [6.07, 6.45) is 1.33. The fourth-order valence-corrected chi connectivity index (χ4v) is 4.03. The number of aliphatic hydroxyl groups excluding tert-OH is 1. The van der Waals surface area contributed by atoms with E-state index in [4.69, 9.17) is 21.1 Å². The average molecular weight is 385 g/mol. The number of halogens is 1. The van der Waals surface area contributed by atoms with Crippen LogP contribution in [0.25, 0.3) is 16.7 Å². The second-order valence-electron chi connectivity index (χ2n) is 7.25. The third kappa shape index (κ3) is 3.03. The van der Waals surface area contributed by atoms with Crippen LogP contribution >= 0.6 is 11.6 Å². The van der Waals surface area contributed by atoms with Gasteiger partial charge in [-0.15, -0.1) is 0 Å². The molecule has 0 radical (unpaired) electrons. The zero-order valence-corrected chi connectivity index (χ0v) is 16.1. The number of hydrogen-bond acceptors (Lipinski definition) is 4. The molecule has 0 amide bonds. The molecule has 1 spiro atoms. The van der Waals surface area contributed by atoms with Crippen molar-refractivity contribution in [3.63, 3.8) is 0 Å². The van der Waals surface area contributed by atoms with E-state index in [9.17, 15) is 9.90 Å². The largest absolute Gasteiger partial charge is 0.507 e. The van der Waals surface area contributed by atoms with Crippen LogP contribution < -0.4 is 0 Å². The lowest BCUT2D eigenvalue weighted by atomic mass is 9.88. The van der Waals surface area contributed by atoms with Crippen LogP contribution in [-0.2, 0) is 14.3 Å². The second-order valence-corrected chi connectivity index (χ2v) is 7.69. The molecule has 2 aliphatic rings. The van der Waals surface area contributed by atoms with Crippen molar-refractivity contribution < 1.29 is 19.4 Å². The molecule has 0 saturated carbocycles. The average Bonchev–Trinajstić information content (AvgIpc) is 2.88. The van der Waals surface area contributed by atoms with Crippen LogP contribution in [0, 0.1) is 13.8 Å². The predicted octanol–water partition coefficient (Wildman–Crippen LogP) is 5.00.